The molecule has 9 heteroatoms. The van der Waals surface area contributed by atoms with Gasteiger partial charge < -0.3 is 37.7 Å². The number of hydrogen-bond donors (Lipinski definition) is 0. The zero-order valence-electron chi connectivity index (χ0n) is 34.4. The van der Waals surface area contributed by atoms with Gasteiger partial charge in [-0.2, -0.15) is 24.8 Å². The summed E-state index contributed by atoms with van der Waals surface area (Å²) in [7, 11) is 0. The maximum absolute atomic E-state index is 4.67. The Hall–Kier alpha value is 0.422. The van der Waals surface area contributed by atoms with Crippen LogP contribution in [0.1, 0.15) is 200 Å². The van der Waals surface area contributed by atoms with Crippen LogP contribution in [0.2, 0.25) is 0 Å². The van der Waals surface area contributed by atoms with Crippen molar-refractivity contribution in [2.45, 2.75) is 164 Å². The molecule has 0 saturated carbocycles. The van der Waals surface area contributed by atoms with Crippen LogP contribution in [0.15, 0.2) is 0 Å². The second-order valence-corrected chi connectivity index (χ2v) is 14.3. The molecule has 0 saturated heterocycles. The molecule has 279 valence electrons. The average molecular weight is 922 g/mol. The number of aryl methyl sites for hydroxylation is 1. The van der Waals surface area contributed by atoms with Crippen LogP contribution in [-0.4, -0.2) is 29.9 Å². The van der Waals surface area contributed by atoms with Gasteiger partial charge in [-0.3, -0.25) is 9.97 Å². The summed E-state index contributed by atoms with van der Waals surface area (Å²) in [5.41, 5.74) is 8.95. The van der Waals surface area contributed by atoms with Crippen LogP contribution >= 0.6 is 0 Å². The Morgan fingerprint density at radius 3 is 1.33 bits per heavy atom. The summed E-state index contributed by atoms with van der Waals surface area (Å²) in [4.78, 5) is 27.4. The second kappa shape index (κ2) is 28.8. The first kappa shape index (κ1) is 55.8. The van der Waals surface area contributed by atoms with Crippen molar-refractivity contribution in [2.24, 2.45) is 0 Å². The smallest absolute Gasteiger partial charge is 0.131 e. The second-order valence-electron chi connectivity index (χ2n) is 14.3. The van der Waals surface area contributed by atoms with E-state index < -0.39 is 0 Å². The Morgan fingerprint density at radius 2 is 0.941 bits per heavy atom. The van der Waals surface area contributed by atoms with Crippen LogP contribution in [0.5, 0.6) is 0 Å². The van der Waals surface area contributed by atoms with Gasteiger partial charge in [0, 0.05) is 127 Å². The Kier molecular flexibility index (Phi) is 31.5. The van der Waals surface area contributed by atoms with E-state index in [4.69, 9.17) is 0 Å². The van der Waals surface area contributed by atoms with E-state index in [1.165, 1.54) is 16.7 Å². The molecule has 0 fully saturated rings. The van der Waals surface area contributed by atoms with Crippen LogP contribution in [0.25, 0.3) is 0 Å². The van der Waals surface area contributed by atoms with Gasteiger partial charge in [-0.15, -0.1) is 18.4 Å². The van der Waals surface area contributed by atoms with Gasteiger partial charge in [0.2, 0.25) is 0 Å². The van der Waals surface area contributed by atoms with Crippen molar-refractivity contribution in [1.29, 1.82) is 0 Å². The van der Waals surface area contributed by atoms with E-state index in [9.17, 15) is 0 Å². The van der Waals surface area contributed by atoms with Crippen molar-refractivity contribution in [2.75, 3.05) is 0 Å². The zero-order chi connectivity index (χ0) is 36.7. The number of aromatic nitrogens is 6. The van der Waals surface area contributed by atoms with Crippen molar-refractivity contribution in [3.05, 3.63) is 103 Å². The van der Waals surface area contributed by atoms with Gasteiger partial charge >= 0.3 is 0 Å². The molecule has 3 aromatic rings. The first-order chi connectivity index (χ1) is 22.5. The van der Waals surface area contributed by atoms with E-state index in [0.29, 0.717) is 41.9 Å². The Labute approximate surface area is 390 Å². The van der Waals surface area contributed by atoms with Crippen molar-refractivity contribution in [3.8, 4) is 0 Å². The molecule has 0 aliphatic heterocycles. The van der Waals surface area contributed by atoms with E-state index in [1.807, 2.05) is 0 Å². The third kappa shape index (κ3) is 18.3. The largest absolute Gasteiger partial charge is 0.373 e. The van der Waals surface area contributed by atoms with E-state index in [-0.39, 0.29) is 98.1 Å². The van der Waals surface area contributed by atoms with E-state index in [1.54, 1.807) is 0 Å². The van der Waals surface area contributed by atoms with Gasteiger partial charge in [0.05, 0.1) is 0 Å². The van der Waals surface area contributed by atoms with Gasteiger partial charge in [-0.05, 0) is 29.0 Å². The zero-order valence-corrected chi connectivity index (χ0v) is 42.9. The fourth-order valence-corrected chi connectivity index (χ4v) is 5.16. The van der Waals surface area contributed by atoms with Crippen molar-refractivity contribution < 1.29 is 98.1 Å². The van der Waals surface area contributed by atoms with E-state index >= 15 is 0 Å². The molecule has 0 N–H and O–H groups in total. The first-order valence-corrected chi connectivity index (χ1v) is 18.1. The van der Waals surface area contributed by atoms with Crippen LogP contribution in [0.4, 0.5) is 0 Å². The summed E-state index contributed by atoms with van der Waals surface area (Å²) >= 11 is 0. The van der Waals surface area contributed by atoms with Gasteiger partial charge in [0.15, 0.2) is 0 Å². The predicted octanol–water partition coefficient (Wildman–Crippen LogP) is 10.8. The molecule has 0 aromatic carbocycles. The number of nitrogens with zero attached hydrogens (tertiary/aromatic N) is 6. The summed E-state index contributed by atoms with van der Waals surface area (Å²) in [6.45, 7) is 45.4. The molecular formula is C42H66N6Y3-6. The van der Waals surface area contributed by atoms with Crippen molar-refractivity contribution in [3.63, 3.8) is 0 Å². The maximum atomic E-state index is 4.67. The number of hydrogen-bond acceptors (Lipinski definition) is 6. The molecule has 6 nitrogen and oxygen atoms in total. The minimum atomic E-state index is 0. The topological polar surface area (TPSA) is 77.3 Å². The summed E-state index contributed by atoms with van der Waals surface area (Å²) < 4.78 is 0. The minimum absolute atomic E-state index is 0. The third-order valence-corrected chi connectivity index (χ3v) is 7.91. The van der Waals surface area contributed by atoms with Gasteiger partial charge in [-0.25, -0.2) is 16.9 Å². The standard InChI is InChI=1S/3C14H22N2.3Y/c1-7-8-12-11(6)15-14(10(4)5)16-13(12)9(2)3;1-7-11-12(8-2)15-14(10(5)6)16-13(11)9(3)4;1-6-7-8-12-9-15-14(11(4)5)16-13(12)10(2)3;;;/h9-10H,1,6-8H2,2-5H3;9-10H,1-2,7-8H2,3-6H3;10-11H,1,6-8H2,2-5H3;;;/q3*-2;;;. The van der Waals surface area contributed by atoms with Crippen molar-refractivity contribution >= 4 is 0 Å². The molecular weight excluding hydrogens is 855 g/mol. The number of rotatable bonds is 13. The Morgan fingerprint density at radius 1 is 0.490 bits per heavy atom. The third-order valence-electron chi connectivity index (χ3n) is 7.91. The Bertz CT molecular complexity index is 1390. The molecule has 3 heterocycles. The quantitative estimate of drug-likeness (QED) is 0.159. The summed E-state index contributed by atoms with van der Waals surface area (Å²) in [5, 5.41) is 0. The van der Waals surface area contributed by atoms with Crippen LogP contribution < -0.4 is 0 Å². The van der Waals surface area contributed by atoms with Crippen LogP contribution in [-0.2, 0) is 124 Å². The SMILES string of the molecule is [CH2-]CCCc1[c-]nc(C(C)C)nc1C(C)C.[CH2-]CCc1c([CH2-])nc(C(C)C)nc1C(C)C.[CH2-]Cc1nc(C(C)C)nc(C(C)C)c1C[CH2-].[Y].[Y].[Y]. The summed E-state index contributed by atoms with van der Waals surface area (Å²) in [6, 6.07) is 0. The number of unbranched alkanes of at least 4 members (excludes halogenated alkanes) is 1. The maximum Gasteiger partial charge on any atom is 0.131 e. The molecule has 51 heavy (non-hydrogen) atoms. The molecule has 0 atom stereocenters. The molecule has 3 radical (unpaired) electrons. The van der Waals surface area contributed by atoms with Gasteiger partial charge in [0.25, 0.3) is 0 Å². The fourth-order valence-electron chi connectivity index (χ4n) is 5.16. The molecule has 3 rings (SSSR count). The Balaban J connectivity index is -0.000000658. The molecule has 0 aliphatic carbocycles. The molecule has 0 amide bonds. The predicted molar refractivity (Wildman–Crippen MR) is 204 cm³/mol. The van der Waals surface area contributed by atoms with Crippen LogP contribution in [0.3, 0.4) is 0 Å². The molecule has 0 aliphatic rings. The monoisotopic (exact) mass is 921 g/mol. The van der Waals surface area contributed by atoms with E-state index in [0.717, 1.165) is 84.5 Å². The minimum Gasteiger partial charge on any atom is -0.373 e. The van der Waals surface area contributed by atoms with Gasteiger partial charge in [-0.1, -0.05) is 119 Å². The van der Waals surface area contributed by atoms with E-state index in [2.05, 4.69) is 154 Å². The molecule has 3 aromatic heterocycles. The average Bonchev–Trinajstić information content (AvgIpc) is 3.03. The van der Waals surface area contributed by atoms with Crippen molar-refractivity contribution in [1.82, 2.24) is 29.9 Å². The first-order valence-electron chi connectivity index (χ1n) is 18.1. The molecule has 0 unspecified atom stereocenters. The summed E-state index contributed by atoms with van der Waals surface area (Å²) in [5.74, 6) is 5.11. The fraction of sp³-hybridized carbons (Fsp3) is 0.595. The van der Waals surface area contributed by atoms with Crippen LogP contribution in [0, 0.1) is 40.8 Å². The normalized spacial score (nSPS) is 10.8. The molecule has 0 bridgehead atoms. The van der Waals surface area contributed by atoms with Gasteiger partial charge in [0.1, 0.15) is 11.6 Å². The molecule has 0 spiro atoms. The summed E-state index contributed by atoms with van der Waals surface area (Å²) in [6.07, 6.45) is 9.45.